The van der Waals surface area contributed by atoms with Gasteiger partial charge in [0, 0.05) is 30.8 Å². The van der Waals surface area contributed by atoms with Gasteiger partial charge >= 0.3 is 6.09 Å². The second kappa shape index (κ2) is 8.98. The number of rotatable bonds is 4. The van der Waals surface area contributed by atoms with Crippen LogP contribution in [0.2, 0.25) is 5.02 Å². The van der Waals surface area contributed by atoms with Crippen molar-refractivity contribution in [3.05, 3.63) is 38.9 Å². The van der Waals surface area contributed by atoms with Crippen LogP contribution in [0.1, 0.15) is 57.8 Å². The summed E-state index contributed by atoms with van der Waals surface area (Å²) in [6, 6.07) is 3.69. The summed E-state index contributed by atoms with van der Waals surface area (Å²) in [4.78, 5) is 39.5. The van der Waals surface area contributed by atoms with Crippen LogP contribution in [0.25, 0.3) is 0 Å². The average molecular weight is 426 g/mol. The predicted octanol–water partition coefficient (Wildman–Crippen LogP) is 4.50. The van der Waals surface area contributed by atoms with Gasteiger partial charge in [-0.25, -0.2) is 4.79 Å². The van der Waals surface area contributed by atoms with Crippen LogP contribution in [0.3, 0.4) is 0 Å². The number of piperidine rings is 1. The number of halogens is 1. The first-order valence-electron chi connectivity index (χ1n) is 9.65. The number of carbonyl (C=O) groups is 2. The molecule has 0 N–H and O–H groups in total. The molecule has 0 aliphatic carbocycles. The van der Waals surface area contributed by atoms with Crippen LogP contribution < -0.4 is 0 Å². The van der Waals surface area contributed by atoms with Gasteiger partial charge in [0.25, 0.3) is 11.6 Å². The van der Waals surface area contributed by atoms with Crippen LogP contribution in [0.15, 0.2) is 18.2 Å². The molecule has 1 aromatic carbocycles. The molecule has 160 valence electrons. The summed E-state index contributed by atoms with van der Waals surface area (Å²) in [5.74, 6) is -0.323. The Labute approximate surface area is 175 Å². The van der Waals surface area contributed by atoms with Gasteiger partial charge < -0.3 is 14.5 Å². The molecule has 1 aromatic rings. The highest BCUT2D eigenvalue weighted by atomic mass is 35.5. The molecule has 1 atom stereocenters. The lowest BCUT2D eigenvalue weighted by molar-refractivity contribution is -0.384. The number of likely N-dealkylation sites (tertiary alicyclic amines) is 1. The standard InChI is InChI=1S/C20H28ClN3O5/c1-13(2)23(18(25)14-8-9-16(21)17(11-14)24(27)28)15-7-6-10-22(12-15)19(26)29-20(3,4)5/h8-9,11,13,15H,6-7,10,12H2,1-5H3/t15-/m1/s1. The normalized spacial score (nSPS) is 17.2. The van der Waals surface area contributed by atoms with Crippen LogP contribution in [0.5, 0.6) is 0 Å². The third-order valence-corrected chi connectivity index (χ3v) is 4.94. The highest BCUT2D eigenvalue weighted by Gasteiger charge is 2.34. The number of hydrogen-bond donors (Lipinski definition) is 0. The summed E-state index contributed by atoms with van der Waals surface area (Å²) in [6.45, 7) is 10.1. The zero-order valence-electron chi connectivity index (χ0n) is 17.5. The third kappa shape index (κ3) is 5.82. The van der Waals surface area contributed by atoms with Crippen molar-refractivity contribution in [2.45, 2.75) is 65.1 Å². The Morgan fingerprint density at radius 2 is 2.00 bits per heavy atom. The molecule has 0 radical (unpaired) electrons. The molecule has 9 heteroatoms. The van der Waals surface area contributed by atoms with Crippen LogP contribution >= 0.6 is 11.6 Å². The van der Waals surface area contributed by atoms with Gasteiger partial charge in [-0.05, 0) is 59.6 Å². The van der Waals surface area contributed by atoms with Gasteiger partial charge in [-0.1, -0.05) is 11.6 Å². The molecule has 0 saturated carbocycles. The number of nitro benzene ring substituents is 1. The molecule has 2 amide bonds. The maximum atomic E-state index is 13.2. The van der Waals surface area contributed by atoms with Crippen molar-refractivity contribution in [1.82, 2.24) is 9.80 Å². The highest BCUT2D eigenvalue weighted by Crippen LogP contribution is 2.28. The van der Waals surface area contributed by atoms with Crippen molar-refractivity contribution >= 4 is 29.3 Å². The van der Waals surface area contributed by atoms with Gasteiger partial charge in [0.1, 0.15) is 10.6 Å². The van der Waals surface area contributed by atoms with E-state index in [1.54, 1.807) is 9.80 Å². The van der Waals surface area contributed by atoms with Crippen molar-refractivity contribution in [3.63, 3.8) is 0 Å². The summed E-state index contributed by atoms with van der Waals surface area (Å²) in [6.07, 6.45) is 1.07. The molecule has 1 heterocycles. The maximum Gasteiger partial charge on any atom is 0.410 e. The lowest BCUT2D eigenvalue weighted by Crippen LogP contribution is -2.54. The molecule has 29 heavy (non-hydrogen) atoms. The van der Waals surface area contributed by atoms with Crippen molar-refractivity contribution < 1.29 is 19.2 Å². The zero-order chi connectivity index (χ0) is 21.9. The van der Waals surface area contributed by atoms with E-state index in [0.717, 1.165) is 12.8 Å². The fourth-order valence-electron chi connectivity index (χ4n) is 3.43. The van der Waals surface area contributed by atoms with Crippen LogP contribution in [-0.2, 0) is 4.74 Å². The average Bonchev–Trinajstić information content (AvgIpc) is 2.60. The van der Waals surface area contributed by atoms with Gasteiger partial charge in [0.05, 0.1) is 11.0 Å². The van der Waals surface area contributed by atoms with Crippen molar-refractivity contribution in [1.29, 1.82) is 0 Å². The number of amides is 2. The van der Waals surface area contributed by atoms with Gasteiger partial charge in [-0.2, -0.15) is 0 Å². The van der Waals surface area contributed by atoms with Crippen LogP contribution in [0.4, 0.5) is 10.5 Å². The smallest absolute Gasteiger partial charge is 0.410 e. The molecular formula is C20H28ClN3O5. The third-order valence-electron chi connectivity index (χ3n) is 4.62. The van der Waals surface area contributed by atoms with E-state index in [4.69, 9.17) is 16.3 Å². The molecule has 0 aromatic heterocycles. The second-order valence-corrected chi connectivity index (χ2v) is 8.86. The van der Waals surface area contributed by atoms with E-state index in [-0.39, 0.29) is 34.3 Å². The number of nitrogens with zero attached hydrogens (tertiary/aromatic N) is 3. The Morgan fingerprint density at radius 1 is 1.34 bits per heavy atom. The van der Waals surface area contributed by atoms with Crippen molar-refractivity contribution in [2.75, 3.05) is 13.1 Å². The van der Waals surface area contributed by atoms with Gasteiger partial charge in [0.15, 0.2) is 0 Å². The Kier molecular flexibility index (Phi) is 7.11. The lowest BCUT2D eigenvalue weighted by atomic mass is 10.0. The van der Waals surface area contributed by atoms with E-state index in [1.165, 1.54) is 18.2 Å². The summed E-state index contributed by atoms with van der Waals surface area (Å²) in [5.41, 5.74) is -0.704. The molecule has 1 saturated heterocycles. The number of carbonyl (C=O) groups excluding carboxylic acids is 2. The Morgan fingerprint density at radius 3 is 2.55 bits per heavy atom. The summed E-state index contributed by atoms with van der Waals surface area (Å²) in [7, 11) is 0. The largest absolute Gasteiger partial charge is 0.444 e. The Bertz CT molecular complexity index is 791. The first kappa shape index (κ1) is 22.9. The second-order valence-electron chi connectivity index (χ2n) is 8.45. The number of nitro groups is 1. The van der Waals surface area contributed by atoms with E-state index in [9.17, 15) is 19.7 Å². The molecule has 1 aliphatic heterocycles. The molecule has 1 aliphatic rings. The number of ether oxygens (including phenoxy) is 1. The van der Waals surface area contributed by atoms with E-state index < -0.39 is 16.6 Å². The molecular weight excluding hydrogens is 398 g/mol. The quantitative estimate of drug-likeness (QED) is 0.523. The molecule has 0 spiro atoms. The van der Waals surface area contributed by atoms with E-state index in [2.05, 4.69) is 0 Å². The Balaban J connectivity index is 2.24. The maximum absolute atomic E-state index is 13.2. The highest BCUT2D eigenvalue weighted by molar-refractivity contribution is 6.32. The first-order valence-corrected chi connectivity index (χ1v) is 10.0. The molecule has 1 fully saturated rings. The monoisotopic (exact) mass is 425 g/mol. The van der Waals surface area contributed by atoms with E-state index in [0.29, 0.717) is 13.1 Å². The SMILES string of the molecule is CC(C)N(C(=O)c1ccc(Cl)c([N+](=O)[O-])c1)[C@@H]1CCCN(C(=O)OC(C)(C)C)C1. The summed E-state index contributed by atoms with van der Waals surface area (Å²) in [5, 5.41) is 11.2. The van der Waals surface area contributed by atoms with Crippen molar-refractivity contribution in [3.8, 4) is 0 Å². The zero-order valence-corrected chi connectivity index (χ0v) is 18.2. The molecule has 0 unspecified atom stereocenters. The van der Waals surface area contributed by atoms with Crippen LogP contribution in [0, 0.1) is 10.1 Å². The molecule has 8 nitrogen and oxygen atoms in total. The topological polar surface area (TPSA) is 93.0 Å². The number of benzene rings is 1. The van der Waals surface area contributed by atoms with Gasteiger partial charge in [0.2, 0.25) is 0 Å². The number of hydrogen-bond acceptors (Lipinski definition) is 5. The van der Waals surface area contributed by atoms with Gasteiger partial charge in [-0.15, -0.1) is 0 Å². The minimum atomic E-state index is -0.607. The Hall–Kier alpha value is -2.35. The predicted molar refractivity (Wildman–Crippen MR) is 110 cm³/mol. The lowest BCUT2D eigenvalue weighted by Gasteiger charge is -2.41. The minimum Gasteiger partial charge on any atom is -0.444 e. The fourth-order valence-corrected chi connectivity index (χ4v) is 3.62. The fraction of sp³-hybridized carbons (Fsp3) is 0.600. The molecule has 0 bridgehead atoms. The van der Waals surface area contributed by atoms with Crippen LogP contribution in [-0.4, -0.2) is 57.5 Å². The first-order chi connectivity index (χ1) is 13.4. The molecule has 2 rings (SSSR count). The van der Waals surface area contributed by atoms with Crippen molar-refractivity contribution in [2.24, 2.45) is 0 Å². The van der Waals surface area contributed by atoms with E-state index >= 15 is 0 Å². The minimum absolute atomic E-state index is 0.0172. The van der Waals surface area contributed by atoms with Gasteiger partial charge in [-0.3, -0.25) is 14.9 Å². The summed E-state index contributed by atoms with van der Waals surface area (Å²) < 4.78 is 5.46. The summed E-state index contributed by atoms with van der Waals surface area (Å²) >= 11 is 5.87. The van der Waals surface area contributed by atoms with E-state index in [1.807, 2.05) is 34.6 Å².